The molecule has 3 heteroatoms. The molecule has 1 heterocycles. The third kappa shape index (κ3) is 3.34. The minimum atomic E-state index is 1.01. The fraction of sp³-hybridized carbons (Fsp3) is 0.545. The van der Waals surface area contributed by atoms with Crippen molar-refractivity contribution in [2.45, 2.75) is 13.8 Å². The predicted molar refractivity (Wildman–Crippen MR) is 61.5 cm³/mol. The van der Waals surface area contributed by atoms with Gasteiger partial charge >= 0.3 is 0 Å². The first-order valence-corrected chi connectivity index (χ1v) is 5.05. The third-order valence-electron chi connectivity index (χ3n) is 2.36. The van der Waals surface area contributed by atoms with E-state index in [2.05, 4.69) is 21.8 Å². The lowest BCUT2D eigenvalue weighted by Crippen LogP contribution is -2.42. The van der Waals surface area contributed by atoms with Crippen LogP contribution in [0.2, 0.25) is 0 Å². The molecule has 0 aromatic carbocycles. The number of rotatable bonds is 3. The quantitative estimate of drug-likeness (QED) is 0.686. The number of hydrogen-bond donors (Lipinski definition) is 1. The summed E-state index contributed by atoms with van der Waals surface area (Å²) in [5.41, 5.74) is 2.04. The predicted octanol–water partition coefficient (Wildman–Crippen LogP) is 1.40. The molecule has 14 heavy (non-hydrogen) atoms. The summed E-state index contributed by atoms with van der Waals surface area (Å²) in [5, 5.41) is 3.31. The lowest BCUT2D eigenvalue weighted by atomic mass is 10.3. The van der Waals surface area contributed by atoms with Gasteiger partial charge in [-0.05, 0) is 13.8 Å². The van der Waals surface area contributed by atoms with Gasteiger partial charge in [-0.15, -0.1) is 0 Å². The fourth-order valence-corrected chi connectivity index (χ4v) is 1.28. The van der Waals surface area contributed by atoms with Crippen LogP contribution >= 0.6 is 0 Å². The van der Waals surface area contributed by atoms with Crippen LogP contribution in [0.15, 0.2) is 29.0 Å². The van der Waals surface area contributed by atoms with Crippen LogP contribution in [0.25, 0.3) is 0 Å². The standard InChI is InChI=1S/C11H19N3/c1-4-10(2)13-9-11(3)14-7-5-12-6-8-14/h4,9,12H,3,5-8H2,1-2H3/b10-4-,13-9?. The first-order valence-electron chi connectivity index (χ1n) is 5.05. The molecule has 1 N–H and O–H groups in total. The molecule has 0 bridgehead atoms. The highest BCUT2D eigenvalue weighted by Gasteiger charge is 2.08. The van der Waals surface area contributed by atoms with E-state index in [1.54, 1.807) is 0 Å². The second kappa shape index (κ2) is 5.60. The van der Waals surface area contributed by atoms with Crippen molar-refractivity contribution in [3.8, 4) is 0 Å². The molecular formula is C11H19N3. The smallest absolute Gasteiger partial charge is 0.0498 e. The highest BCUT2D eigenvalue weighted by molar-refractivity contribution is 5.77. The maximum absolute atomic E-state index is 4.29. The average molecular weight is 193 g/mol. The molecule has 1 fully saturated rings. The summed E-state index contributed by atoms with van der Waals surface area (Å²) in [7, 11) is 0. The molecule has 0 aromatic heterocycles. The van der Waals surface area contributed by atoms with Crippen LogP contribution in [0, 0.1) is 0 Å². The third-order valence-corrected chi connectivity index (χ3v) is 2.36. The summed E-state index contributed by atoms with van der Waals surface area (Å²) in [6.07, 6.45) is 3.84. The van der Waals surface area contributed by atoms with Gasteiger partial charge in [0, 0.05) is 43.8 Å². The molecule has 0 unspecified atom stereocenters. The number of piperazine rings is 1. The van der Waals surface area contributed by atoms with Gasteiger partial charge < -0.3 is 10.2 Å². The molecule has 0 aliphatic carbocycles. The van der Waals surface area contributed by atoms with Crippen LogP contribution in [0.5, 0.6) is 0 Å². The Morgan fingerprint density at radius 2 is 2.07 bits per heavy atom. The number of nitrogens with zero attached hydrogens (tertiary/aromatic N) is 2. The van der Waals surface area contributed by atoms with Gasteiger partial charge in [0.05, 0.1) is 0 Å². The summed E-state index contributed by atoms with van der Waals surface area (Å²) in [6.45, 7) is 12.1. The zero-order chi connectivity index (χ0) is 10.4. The van der Waals surface area contributed by atoms with Crippen LogP contribution in [0.3, 0.4) is 0 Å². The first kappa shape index (κ1) is 11.0. The summed E-state index contributed by atoms with van der Waals surface area (Å²) < 4.78 is 0. The Hall–Kier alpha value is -1.09. The molecule has 0 amide bonds. The molecule has 0 saturated carbocycles. The molecule has 3 nitrogen and oxygen atoms in total. The van der Waals surface area contributed by atoms with Crippen molar-refractivity contribution in [3.63, 3.8) is 0 Å². The van der Waals surface area contributed by atoms with Crippen LogP contribution in [-0.2, 0) is 0 Å². The van der Waals surface area contributed by atoms with E-state index in [1.807, 2.05) is 26.1 Å². The zero-order valence-corrected chi connectivity index (χ0v) is 9.08. The lowest BCUT2D eigenvalue weighted by Gasteiger charge is -2.29. The van der Waals surface area contributed by atoms with Crippen molar-refractivity contribution in [1.82, 2.24) is 10.2 Å². The van der Waals surface area contributed by atoms with Gasteiger partial charge in [0.1, 0.15) is 0 Å². The molecule has 1 saturated heterocycles. The SMILES string of the molecule is C=C(C=N/C(C)=C\C)N1CCNCC1. The normalized spacial score (nSPS) is 19.0. The molecule has 1 rings (SSSR count). The van der Waals surface area contributed by atoms with Crippen LogP contribution in [-0.4, -0.2) is 37.3 Å². The molecule has 0 aromatic rings. The highest BCUT2D eigenvalue weighted by atomic mass is 15.2. The van der Waals surface area contributed by atoms with Gasteiger partial charge in [-0.3, -0.25) is 4.99 Å². The summed E-state index contributed by atoms with van der Waals surface area (Å²) >= 11 is 0. The van der Waals surface area contributed by atoms with Gasteiger partial charge in [0.2, 0.25) is 0 Å². The maximum Gasteiger partial charge on any atom is 0.0498 e. The molecule has 1 aliphatic rings. The molecule has 1 aliphatic heterocycles. The molecule has 78 valence electrons. The maximum atomic E-state index is 4.29. The van der Waals surface area contributed by atoms with Crippen molar-refractivity contribution in [2.24, 2.45) is 4.99 Å². The Morgan fingerprint density at radius 3 is 2.64 bits per heavy atom. The van der Waals surface area contributed by atoms with Gasteiger partial charge in [-0.25, -0.2) is 0 Å². The zero-order valence-electron chi connectivity index (χ0n) is 9.08. The van der Waals surface area contributed by atoms with Crippen LogP contribution < -0.4 is 5.32 Å². The first-order chi connectivity index (χ1) is 6.74. The number of hydrogen-bond acceptors (Lipinski definition) is 3. The van der Waals surface area contributed by atoms with E-state index in [0.717, 1.165) is 37.6 Å². The van der Waals surface area contributed by atoms with E-state index in [4.69, 9.17) is 0 Å². The number of allylic oxidation sites excluding steroid dienone is 3. The van der Waals surface area contributed by atoms with Gasteiger partial charge in [0.25, 0.3) is 0 Å². The summed E-state index contributed by atoms with van der Waals surface area (Å²) in [6, 6.07) is 0. The van der Waals surface area contributed by atoms with Crippen LogP contribution in [0.1, 0.15) is 13.8 Å². The molecular weight excluding hydrogens is 174 g/mol. The monoisotopic (exact) mass is 193 g/mol. The largest absolute Gasteiger partial charge is 0.368 e. The molecule has 0 spiro atoms. The molecule has 0 atom stereocenters. The van der Waals surface area contributed by atoms with Crippen molar-refractivity contribution < 1.29 is 0 Å². The van der Waals surface area contributed by atoms with Crippen molar-refractivity contribution in [1.29, 1.82) is 0 Å². The Balaban J connectivity index is 2.44. The Morgan fingerprint density at radius 1 is 1.43 bits per heavy atom. The van der Waals surface area contributed by atoms with Crippen molar-refractivity contribution in [3.05, 3.63) is 24.0 Å². The minimum absolute atomic E-state index is 1.01. The fourth-order valence-electron chi connectivity index (χ4n) is 1.28. The summed E-state index contributed by atoms with van der Waals surface area (Å²) in [4.78, 5) is 6.55. The van der Waals surface area contributed by atoms with E-state index in [-0.39, 0.29) is 0 Å². The van der Waals surface area contributed by atoms with E-state index in [1.165, 1.54) is 0 Å². The number of nitrogens with one attached hydrogen (secondary N) is 1. The summed E-state index contributed by atoms with van der Waals surface area (Å²) in [5.74, 6) is 0. The van der Waals surface area contributed by atoms with Gasteiger partial charge in [-0.1, -0.05) is 12.7 Å². The van der Waals surface area contributed by atoms with E-state index < -0.39 is 0 Å². The second-order valence-electron chi connectivity index (χ2n) is 3.42. The van der Waals surface area contributed by atoms with Crippen LogP contribution in [0.4, 0.5) is 0 Å². The topological polar surface area (TPSA) is 27.6 Å². The second-order valence-corrected chi connectivity index (χ2v) is 3.42. The van der Waals surface area contributed by atoms with Crippen molar-refractivity contribution in [2.75, 3.05) is 26.2 Å². The van der Waals surface area contributed by atoms with E-state index >= 15 is 0 Å². The van der Waals surface area contributed by atoms with E-state index in [0.29, 0.717) is 0 Å². The molecule has 0 radical (unpaired) electrons. The van der Waals surface area contributed by atoms with E-state index in [9.17, 15) is 0 Å². The lowest BCUT2D eigenvalue weighted by molar-refractivity contribution is 0.314. The highest BCUT2D eigenvalue weighted by Crippen LogP contribution is 2.02. The Labute approximate surface area is 86.2 Å². The van der Waals surface area contributed by atoms with Gasteiger partial charge in [-0.2, -0.15) is 0 Å². The minimum Gasteiger partial charge on any atom is -0.368 e. The van der Waals surface area contributed by atoms with Gasteiger partial charge in [0.15, 0.2) is 0 Å². The average Bonchev–Trinajstić information content (AvgIpc) is 2.26. The Kier molecular flexibility index (Phi) is 4.40. The Bertz CT molecular complexity index is 247. The van der Waals surface area contributed by atoms with Crippen molar-refractivity contribution >= 4 is 6.21 Å². The number of aliphatic imine (C=N–C) groups is 1.